The van der Waals surface area contributed by atoms with E-state index in [1.807, 2.05) is 6.08 Å². The van der Waals surface area contributed by atoms with Crippen molar-refractivity contribution in [3.05, 3.63) is 24.3 Å². The van der Waals surface area contributed by atoms with Crippen molar-refractivity contribution in [2.45, 2.75) is 38.7 Å². The van der Waals surface area contributed by atoms with Crippen molar-refractivity contribution in [2.24, 2.45) is 0 Å². The number of carbonyl (C=O) groups excluding carboxylic acids is 1. The Balaban J connectivity index is 2.03. The van der Waals surface area contributed by atoms with E-state index in [0.29, 0.717) is 19.9 Å². The Hall–Kier alpha value is -1.13. The fourth-order valence-corrected chi connectivity index (χ4v) is 1.59. The topological polar surface area (TPSA) is 47.6 Å². The second-order valence-electron chi connectivity index (χ2n) is 4.31. The summed E-state index contributed by atoms with van der Waals surface area (Å²) in [7, 11) is 0. The summed E-state index contributed by atoms with van der Waals surface area (Å²) in [4.78, 5) is 11.4. The molecule has 1 N–H and O–H groups in total. The van der Waals surface area contributed by atoms with Gasteiger partial charge in [0, 0.05) is 12.6 Å². The van der Waals surface area contributed by atoms with Crippen LogP contribution in [0.25, 0.3) is 0 Å². The van der Waals surface area contributed by atoms with E-state index in [4.69, 9.17) is 9.47 Å². The molecule has 1 aliphatic rings. The van der Waals surface area contributed by atoms with Crippen LogP contribution in [0.1, 0.15) is 32.6 Å². The van der Waals surface area contributed by atoms with Gasteiger partial charge in [0.05, 0.1) is 6.61 Å². The molecule has 1 aliphatic heterocycles. The Morgan fingerprint density at radius 2 is 2.28 bits per heavy atom. The summed E-state index contributed by atoms with van der Waals surface area (Å²) < 4.78 is 10.2. The summed E-state index contributed by atoms with van der Waals surface area (Å²) in [5.41, 5.74) is 0. The van der Waals surface area contributed by atoms with Crippen LogP contribution in [0, 0.1) is 0 Å². The van der Waals surface area contributed by atoms with E-state index in [1.165, 1.54) is 25.3 Å². The van der Waals surface area contributed by atoms with Gasteiger partial charge in [0.25, 0.3) is 0 Å². The molecule has 0 bridgehead atoms. The van der Waals surface area contributed by atoms with Gasteiger partial charge in [-0.05, 0) is 12.8 Å². The van der Waals surface area contributed by atoms with Crippen LogP contribution in [-0.2, 0) is 14.3 Å². The van der Waals surface area contributed by atoms with Gasteiger partial charge in [-0.3, -0.25) is 4.79 Å². The lowest BCUT2D eigenvalue weighted by Gasteiger charge is -2.06. The third-order valence-electron chi connectivity index (χ3n) is 2.66. The molecule has 102 valence electrons. The third kappa shape index (κ3) is 7.25. The highest BCUT2D eigenvalue weighted by molar-refractivity contribution is 5.87. The fourth-order valence-electron chi connectivity index (χ4n) is 1.59. The molecule has 4 heteroatoms. The van der Waals surface area contributed by atoms with Crippen LogP contribution in [0.3, 0.4) is 0 Å². The van der Waals surface area contributed by atoms with Crippen molar-refractivity contribution in [1.82, 2.24) is 5.32 Å². The van der Waals surface area contributed by atoms with Crippen LogP contribution in [0.4, 0.5) is 0 Å². The number of rotatable bonds is 8. The molecule has 0 radical (unpaired) electrons. The third-order valence-corrected chi connectivity index (χ3v) is 2.66. The first kappa shape index (κ1) is 14.9. The molecule has 0 aromatic rings. The summed E-state index contributed by atoms with van der Waals surface area (Å²) in [5.74, 6) is -0.0938. The van der Waals surface area contributed by atoms with E-state index in [0.717, 1.165) is 6.42 Å². The Bertz CT molecular complexity index is 281. The lowest BCUT2D eigenvalue weighted by atomic mass is 10.2. The van der Waals surface area contributed by atoms with Crippen LogP contribution in [-0.4, -0.2) is 32.0 Å². The summed E-state index contributed by atoms with van der Waals surface area (Å²) >= 11 is 0. The number of ether oxygens (including phenoxy) is 2. The first-order chi connectivity index (χ1) is 8.83. The predicted molar refractivity (Wildman–Crippen MR) is 71.1 cm³/mol. The zero-order valence-corrected chi connectivity index (χ0v) is 11.1. The van der Waals surface area contributed by atoms with Gasteiger partial charge in [-0.2, -0.15) is 0 Å². The molecule has 1 heterocycles. The molecule has 0 saturated carbocycles. The van der Waals surface area contributed by atoms with Gasteiger partial charge in [-0.25, -0.2) is 0 Å². The van der Waals surface area contributed by atoms with Crippen molar-refractivity contribution in [3.8, 4) is 0 Å². The molecule has 0 aliphatic carbocycles. The van der Waals surface area contributed by atoms with Gasteiger partial charge >= 0.3 is 0 Å². The molecule has 1 unspecified atom stereocenters. The first-order valence-electron chi connectivity index (χ1n) is 6.63. The maximum absolute atomic E-state index is 11.4. The lowest BCUT2D eigenvalue weighted by molar-refractivity contribution is -0.116. The summed E-state index contributed by atoms with van der Waals surface area (Å²) in [6, 6.07) is 0. The summed E-state index contributed by atoms with van der Waals surface area (Å²) in [6.45, 7) is 3.58. The van der Waals surface area contributed by atoms with Crippen molar-refractivity contribution >= 4 is 5.91 Å². The summed E-state index contributed by atoms with van der Waals surface area (Å²) in [5, 5.41) is 2.77. The van der Waals surface area contributed by atoms with Crippen LogP contribution in [0.2, 0.25) is 0 Å². The number of nitrogens with one attached hydrogen (secondary N) is 1. The Morgan fingerprint density at radius 1 is 1.39 bits per heavy atom. The quantitative estimate of drug-likeness (QED) is 0.410. The van der Waals surface area contributed by atoms with Crippen LogP contribution >= 0.6 is 0 Å². The molecule has 0 aromatic carbocycles. The monoisotopic (exact) mass is 253 g/mol. The van der Waals surface area contributed by atoms with Gasteiger partial charge in [0.15, 0.2) is 0 Å². The zero-order chi connectivity index (χ0) is 13.1. The maximum Gasteiger partial charge on any atom is 0.244 e. The largest absolute Gasteiger partial charge is 0.353 e. The van der Waals surface area contributed by atoms with Gasteiger partial charge in [0.1, 0.15) is 12.9 Å². The Labute approximate surface area is 109 Å². The molecule has 18 heavy (non-hydrogen) atoms. The number of amides is 1. The highest BCUT2D eigenvalue weighted by Gasteiger charge is 2.15. The molecule has 4 nitrogen and oxygen atoms in total. The molecule has 1 fully saturated rings. The van der Waals surface area contributed by atoms with E-state index in [2.05, 4.69) is 18.3 Å². The highest BCUT2D eigenvalue weighted by Crippen LogP contribution is 2.01. The molecular weight excluding hydrogens is 230 g/mol. The van der Waals surface area contributed by atoms with E-state index in [1.54, 1.807) is 6.08 Å². The zero-order valence-electron chi connectivity index (χ0n) is 11.1. The Kier molecular flexibility index (Phi) is 8.17. The van der Waals surface area contributed by atoms with Crippen LogP contribution < -0.4 is 5.32 Å². The van der Waals surface area contributed by atoms with Gasteiger partial charge in [-0.1, -0.05) is 38.0 Å². The standard InChI is InChI=1S/C14H23NO3/c1-2-3-4-5-6-7-8-9-14(16)15-10-13-11-17-12-18-13/h6-9,13H,2-5,10-12H2,1H3,(H,15,16). The normalized spacial score (nSPS) is 19.9. The van der Waals surface area contributed by atoms with Crippen LogP contribution in [0.15, 0.2) is 24.3 Å². The second-order valence-corrected chi connectivity index (χ2v) is 4.31. The molecular formula is C14H23NO3. The first-order valence-corrected chi connectivity index (χ1v) is 6.63. The average molecular weight is 253 g/mol. The molecule has 0 aromatic heterocycles. The van der Waals surface area contributed by atoms with Crippen LogP contribution in [0.5, 0.6) is 0 Å². The van der Waals surface area contributed by atoms with E-state index in [-0.39, 0.29) is 12.0 Å². The number of carbonyl (C=O) groups is 1. The van der Waals surface area contributed by atoms with E-state index >= 15 is 0 Å². The van der Waals surface area contributed by atoms with Gasteiger partial charge < -0.3 is 14.8 Å². The second kappa shape index (κ2) is 9.85. The summed E-state index contributed by atoms with van der Waals surface area (Å²) in [6.07, 6.45) is 12.1. The molecule has 1 rings (SSSR count). The number of hydrogen-bond acceptors (Lipinski definition) is 3. The van der Waals surface area contributed by atoms with Crippen molar-refractivity contribution in [3.63, 3.8) is 0 Å². The minimum absolute atomic E-state index is 0.00747. The van der Waals surface area contributed by atoms with Crippen molar-refractivity contribution in [2.75, 3.05) is 19.9 Å². The Morgan fingerprint density at radius 3 is 3.00 bits per heavy atom. The SMILES string of the molecule is CCCCCC=CC=CC(=O)NCC1COCO1. The maximum atomic E-state index is 11.4. The van der Waals surface area contributed by atoms with E-state index in [9.17, 15) is 4.79 Å². The molecule has 0 spiro atoms. The molecule has 1 atom stereocenters. The smallest absolute Gasteiger partial charge is 0.244 e. The number of allylic oxidation sites excluding steroid dienone is 3. The number of unbranched alkanes of at least 4 members (excludes halogenated alkanes) is 3. The average Bonchev–Trinajstić information content (AvgIpc) is 2.88. The molecule has 1 amide bonds. The lowest BCUT2D eigenvalue weighted by Crippen LogP contribution is -2.32. The minimum atomic E-state index is -0.0938. The van der Waals surface area contributed by atoms with Gasteiger partial charge in [-0.15, -0.1) is 0 Å². The predicted octanol–water partition coefficient (Wildman–Crippen LogP) is 2.17. The number of hydrogen-bond donors (Lipinski definition) is 1. The minimum Gasteiger partial charge on any atom is -0.353 e. The van der Waals surface area contributed by atoms with Crippen molar-refractivity contribution < 1.29 is 14.3 Å². The molecule has 1 saturated heterocycles. The van der Waals surface area contributed by atoms with E-state index < -0.39 is 0 Å². The van der Waals surface area contributed by atoms with Gasteiger partial charge in [0.2, 0.25) is 5.91 Å². The van der Waals surface area contributed by atoms with Crippen molar-refractivity contribution in [1.29, 1.82) is 0 Å². The fraction of sp³-hybridized carbons (Fsp3) is 0.643. The highest BCUT2D eigenvalue weighted by atomic mass is 16.7.